The van der Waals surface area contributed by atoms with Crippen molar-refractivity contribution in [3.63, 3.8) is 0 Å². The van der Waals surface area contributed by atoms with Gasteiger partial charge in [-0.2, -0.15) is 0 Å². The molecule has 0 aliphatic carbocycles. The zero-order chi connectivity index (χ0) is 18.9. The molecular weight excluding hydrogens is 342 g/mol. The van der Waals surface area contributed by atoms with Gasteiger partial charge in [0.2, 0.25) is 0 Å². The van der Waals surface area contributed by atoms with E-state index in [0.29, 0.717) is 5.56 Å². The third-order valence-corrected chi connectivity index (χ3v) is 5.33. The standard InChI is InChI=1S/C26H19NO/c28-18-20-12-15-26-24(16-20)23-8-4-5-9-25(23)27(26)17-19-10-13-22(14-11-19)21-6-2-1-3-7-21/h1-16,18H,17H2. The number of para-hydroxylation sites is 1. The molecule has 134 valence electrons. The summed E-state index contributed by atoms with van der Waals surface area (Å²) in [6.45, 7) is 0.791. The van der Waals surface area contributed by atoms with E-state index >= 15 is 0 Å². The highest BCUT2D eigenvalue weighted by Gasteiger charge is 2.11. The lowest BCUT2D eigenvalue weighted by atomic mass is 10.0. The third-order valence-electron chi connectivity index (χ3n) is 5.33. The number of hydrogen-bond donors (Lipinski definition) is 0. The fourth-order valence-corrected chi connectivity index (χ4v) is 3.93. The van der Waals surface area contributed by atoms with E-state index in [1.54, 1.807) is 0 Å². The Morgan fingerprint density at radius 1 is 0.643 bits per heavy atom. The van der Waals surface area contributed by atoms with Crippen molar-refractivity contribution >= 4 is 28.1 Å². The van der Waals surface area contributed by atoms with Gasteiger partial charge in [-0.05, 0) is 41.0 Å². The zero-order valence-corrected chi connectivity index (χ0v) is 15.4. The van der Waals surface area contributed by atoms with Crippen LogP contribution in [0.5, 0.6) is 0 Å². The van der Waals surface area contributed by atoms with E-state index in [9.17, 15) is 4.79 Å². The molecule has 5 aromatic rings. The Hall–Kier alpha value is -3.65. The predicted molar refractivity (Wildman–Crippen MR) is 116 cm³/mol. The molecule has 0 bridgehead atoms. The first-order valence-electron chi connectivity index (χ1n) is 9.44. The third kappa shape index (κ3) is 2.80. The van der Waals surface area contributed by atoms with Crippen molar-refractivity contribution in [1.29, 1.82) is 0 Å². The van der Waals surface area contributed by atoms with Gasteiger partial charge in [0, 0.05) is 33.9 Å². The van der Waals surface area contributed by atoms with Gasteiger partial charge in [0.05, 0.1) is 0 Å². The molecule has 0 aliphatic rings. The van der Waals surface area contributed by atoms with Gasteiger partial charge < -0.3 is 4.57 Å². The molecule has 0 saturated heterocycles. The van der Waals surface area contributed by atoms with Gasteiger partial charge in [-0.1, -0.05) is 72.8 Å². The summed E-state index contributed by atoms with van der Waals surface area (Å²) in [6, 6.07) is 33.5. The number of carbonyl (C=O) groups is 1. The summed E-state index contributed by atoms with van der Waals surface area (Å²) < 4.78 is 2.33. The van der Waals surface area contributed by atoms with Gasteiger partial charge in [0.25, 0.3) is 0 Å². The molecule has 0 fully saturated rings. The Kier molecular flexibility index (Phi) is 4.02. The average Bonchev–Trinajstić information content (AvgIpc) is 3.08. The molecule has 2 nitrogen and oxygen atoms in total. The molecule has 1 aromatic heterocycles. The highest BCUT2D eigenvalue weighted by Crippen LogP contribution is 2.30. The Morgan fingerprint density at radius 3 is 2.11 bits per heavy atom. The highest BCUT2D eigenvalue weighted by atomic mass is 16.1. The number of hydrogen-bond acceptors (Lipinski definition) is 1. The number of fused-ring (bicyclic) bond motifs is 3. The van der Waals surface area contributed by atoms with Crippen LogP contribution in [0.3, 0.4) is 0 Å². The molecule has 0 unspecified atom stereocenters. The Labute approximate surface area is 163 Å². The molecule has 0 amide bonds. The molecule has 0 radical (unpaired) electrons. The summed E-state index contributed by atoms with van der Waals surface area (Å²) >= 11 is 0. The molecular formula is C26H19NO. The predicted octanol–water partition coefficient (Wildman–Crippen LogP) is 6.32. The zero-order valence-electron chi connectivity index (χ0n) is 15.4. The van der Waals surface area contributed by atoms with Crippen LogP contribution in [0, 0.1) is 0 Å². The lowest BCUT2D eigenvalue weighted by Gasteiger charge is -2.09. The molecule has 1 heterocycles. The molecule has 5 rings (SSSR count). The molecule has 0 aliphatic heterocycles. The van der Waals surface area contributed by atoms with Gasteiger partial charge >= 0.3 is 0 Å². The minimum atomic E-state index is 0.711. The van der Waals surface area contributed by atoms with Crippen molar-refractivity contribution in [3.8, 4) is 11.1 Å². The minimum Gasteiger partial charge on any atom is -0.336 e. The number of nitrogens with zero attached hydrogens (tertiary/aromatic N) is 1. The minimum absolute atomic E-state index is 0.711. The van der Waals surface area contributed by atoms with Gasteiger partial charge in [0.15, 0.2) is 0 Å². The summed E-state index contributed by atoms with van der Waals surface area (Å²) in [7, 11) is 0. The maximum Gasteiger partial charge on any atom is 0.150 e. The van der Waals surface area contributed by atoms with Crippen molar-refractivity contribution < 1.29 is 4.79 Å². The van der Waals surface area contributed by atoms with Crippen LogP contribution in [0.2, 0.25) is 0 Å². The molecule has 28 heavy (non-hydrogen) atoms. The first kappa shape index (κ1) is 16.5. The number of rotatable bonds is 4. The van der Waals surface area contributed by atoms with Gasteiger partial charge in [-0.15, -0.1) is 0 Å². The van der Waals surface area contributed by atoms with Crippen molar-refractivity contribution in [2.45, 2.75) is 6.54 Å². The largest absolute Gasteiger partial charge is 0.336 e. The SMILES string of the molecule is O=Cc1ccc2c(c1)c1ccccc1n2Cc1ccc(-c2ccccc2)cc1. The highest BCUT2D eigenvalue weighted by molar-refractivity contribution is 6.09. The molecule has 4 aromatic carbocycles. The van der Waals surface area contributed by atoms with Gasteiger partial charge in [-0.25, -0.2) is 0 Å². The van der Waals surface area contributed by atoms with Gasteiger partial charge in [-0.3, -0.25) is 4.79 Å². The average molecular weight is 361 g/mol. The first-order valence-corrected chi connectivity index (χ1v) is 9.44. The Balaban J connectivity index is 1.58. The quantitative estimate of drug-likeness (QED) is 0.343. The maximum absolute atomic E-state index is 11.2. The first-order chi connectivity index (χ1) is 13.8. The van der Waals surface area contributed by atoms with Crippen LogP contribution in [0.25, 0.3) is 32.9 Å². The Morgan fingerprint density at radius 2 is 1.32 bits per heavy atom. The van der Waals surface area contributed by atoms with Crippen LogP contribution in [-0.2, 0) is 6.54 Å². The van der Waals surface area contributed by atoms with Crippen molar-refractivity contribution in [2.24, 2.45) is 0 Å². The van der Waals surface area contributed by atoms with Crippen LogP contribution >= 0.6 is 0 Å². The Bertz CT molecular complexity index is 1280. The molecule has 0 atom stereocenters. The number of carbonyl (C=O) groups excluding carboxylic acids is 1. The van der Waals surface area contributed by atoms with E-state index in [1.807, 2.05) is 24.3 Å². The fourth-order valence-electron chi connectivity index (χ4n) is 3.93. The van der Waals surface area contributed by atoms with Crippen molar-refractivity contribution in [1.82, 2.24) is 4.57 Å². The number of benzene rings is 4. The van der Waals surface area contributed by atoms with E-state index in [2.05, 4.69) is 77.4 Å². The summed E-state index contributed by atoms with van der Waals surface area (Å²) in [5.41, 5.74) is 6.76. The number of aldehydes is 1. The fraction of sp³-hybridized carbons (Fsp3) is 0.0385. The second-order valence-electron chi connectivity index (χ2n) is 7.06. The monoisotopic (exact) mass is 361 g/mol. The lowest BCUT2D eigenvalue weighted by molar-refractivity contribution is 0.112. The lowest BCUT2D eigenvalue weighted by Crippen LogP contribution is -1.99. The second kappa shape index (κ2) is 6.82. The van der Waals surface area contributed by atoms with Crippen molar-refractivity contribution in [3.05, 3.63) is 108 Å². The van der Waals surface area contributed by atoms with E-state index in [1.165, 1.54) is 27.6 Å². The van der Waals surface area contributed by atoms with E-state index in [4.69, 9.17) is 0 Å². The summed E-state index contributed by atoms with van der Waals surface area (Å²) in [6.07, 6.45) is 0.911. The van der Waals surface area contributed by atoms with Crippen LogP contribution in [-0.4, -0.2) is 10.9 Å². The van der Waals surface area contributed by atoms with E-state index < -0.39 is 0 Å². The topological polar surface area (TPSA) is 22.0 Å². The molecule has 0 spiro atoms. The van der Waals surface area contributed by atoms with Crippen LogP contribution in [0.1, 0.15) is 15.9 Å². The van der Waals surface area contributed by atoms with Gasteiger partial charge in [0.1, 0.15) is 6.29 Å². The molecule has 0 saturated carbocycles. The number of aromatic nitrogens is 1. The summed E-state index contributed by atoms with van der Waals surface area (Å²) in [5, 5.41) is 2.31. The van der Waals surface area contributed by atoms with Crippen LogP contribution in [0.4, 0.5) is 0 Å². The molecule has 2 heteroatoms. The molecule has 0 N–H and O–H groups in total. The second-order valence-corrected chi connectivity index (χ2v) is 7.06. The van der Waals surface area contributed by atoms with Crippen molar-refractivity contribution in [2.75, 3.05) is 0 Å². The normalized spacial score (nSPS) is 11.1. The van der Waals surface area contributed by atoms with Crippen LogP contribution in [0.15, 0.2) is 97.1 Å². The summed E-state index contributed by atoms with van der Waals surface area (Å²) in [5.74, 6) is 0. The summed E-state index contributed by atoms with van der Waals surface area (Å²) in [4.78, 5) is 11.2. The maximum atomic E-state index is 11.2. The smallest absolute Gasteiger partial charge is 0.150 e. The van der Waals surface area contributed by atoms with E-state index in [0.717, 1.165) is 23.7 Å². The van der Waals surface area contributed by atoms with Crippen LogP contribution < -0.4 is 0 Å². The van der Waals surface area contributed by atoms with E-state index in [-0.39, 0.29) is 0 Å².